The van der Waals surface area contributed by atoms with Crippen LogP contribution in [0.3, 0.4) is 0 Å². The van der Waals surface area contributed by atoms with Gasteiger partial charge in [-0.25, -0.2) is 0 Å². The molecule has 0 aliphatic carbocycles. The molecule has 4 nitrogen and oxygen atoms in total. The van der Waals surface area contributed by atoms with E-state index in [0.717, 1.165) is 12.8 Å². The Kier molecular flexibility index (Phi) is 18.4. The largest absolute Gasteiger partial charge is 0.198 e. The summed E-state index contributed by atoms with van der Waals surface area (Å²) in [5, 5.41) is 31.9. The van der Waals surface area contributed by atoms with Crippen LogP contribution in [0.2, 0.25) is 0 Å². The Hall–Kier alpha value is -2.04. The van der Waals surface area contributed by atoms with Crippen LogP contribution in [0.15, 0.2) is 0 Å². The molecule has 0 aromatic heterocycles. The van der Waals surface area contributed by atoms with Gasteiger partial charge in [-0.15, -0.1) is 0 Å². The van der Waals surface area contributed by atoms with Crippen LogP contribution in [0.25, 0.3) is 0 Å². The molecular weight excluding hydrogens is 188 g/mol. The van der Waals surface area contributed by atoms with Gasteiger partial charge in [0.05, 0.1) is 24.3 Å². The maximum absolute atomic E-state index is 8.03. The standard InChI is InChI=1S/C6H8N2.C5H6N2/c7-5-3-1-2-4-6-8;6-4-2-1-3-5-7/h1-4H2;1-3H2. The Morgan fingerprint density at radius 1 is 0.467 bits per heavy atom. The van der Waals surface area contributed by atoms with E-state index in [-0.39, 0.29) is 0 Å². The molecule has 0 radical (unpaired) electrons. The van der Waals surface area contributed by atoms with Crippen molar-refractivity contribution in [1.29, 1.82) is 21.0 Å². The zero-order valence-electron chi connectivity index (χ0n) is 8.74. The Morgan fingerprint density at radius 2 is 0.733 bits per heavy atom. The molecule has 0 atom stereocenters. The summed E-state index contributed by atoms with van der Waals surface area (Å²) in [6, 6.07) is 7.94. The molecule has 78 valence electrons. The molecule has 0 unspecified atom stereocenters. The van der Waals surface area contributed by atoms with Crippen LogP contribution >= 0.6 is 0 Å². The van der Waals surface area contributed by atoms with Crippen LogP contribution in [0.1, 0.15) is 44.9 Å². The summed E-state index contributed by atoms with van der Waals surface area (Å²) in [5.41, 5.74) is 0. The Labute approximate surface area is 91.0 Å². The summed E-state index contributed by atoms with van der Waals surface area (Å²) in [6.45, 7) is 0. The van der Waals surface area contributed by atoms with E-state index in [2.05, 4.69) is 0 Å². The zero-order valence-corrected chi connectivity index (χ0v) is 8.74. The molecule has 0 rings (SSSR count). The minimum absolute atomic E-state index is 0.508. The lowest BCUT2D eigenvalue weighted by Gasteiger charge is -1.83. The number of rotatable bonds is 5. The van der Waals surface area contributed by atoms with Crippen LogP contribution in [0.5, 0.6) is 0 Å². The normalized spacial score (nSPS) is 6.93. The minimum atomic E-state index is 0.508. The second-order valence-corrected chi connectivity index (χ2v) is 2.69. The third-order valence-electron chi connectivity index (χ3n) is 1.40. The van der Waals surface area contributed by atoms with Crippen LogP contribution in [-0.2, 0) is 0 Å². The highest BCUT2D eigenvalue weighted by Crippen LogP contribution is 1.95. The van der Waals surface area contributed by atoms with Gasteiger partial charge in [0, 0.05) is 25.7 Å². The molecule has 0 fully saturated rings. The number of unbranched alkanes of at least 4 members (excludes halogenated alkanes) is 5. The fourth-order valence-corrected chi connectivity index (χ4v) is 0.655. The molecule has 0 saturated heterocycles. The molecule has 0 aliphatic heterocycles. The van der Waals surface area contributed by atoms with Crippen LogP contribution in [0, 0.1) is 45.3 Å². The number of hydrogen-bond donors (Lipinski definition) is 0. The average molecular weight is 202 g/mol. The van der Waals surface area contributed by atoms with Gasteiger partial charge in [-0.3, -0.25) is 0 Å². The Morgan fingerprint density at radius 3 is 1.00 bits per heavy atom. The van der Waals surface area contributed by atoms with Crippen molar-refractivity contribution in [3.8, 4) is 24.3 Å². The maximum atomic E-state index is 8.03. The fourth-order valence-electron chi connectivity index (χ4n) is 0.655. The van der Waals surface area contributed by atoms with Crippen molar-refractivity contribution >= 4 is 0 Å². The lowest BCUT2D eigenvalue weighted by atomic mass is 10.2. The molecule has 4 heteroatoms. The molecule has 15 heavy (non-hydrogen) atoms. The third kappa shape index (κ3) is 24.5. The lowest BCUT2D eigenvalue weighted by molar-refractivity contribution is 0.773. The van der Waals surface area contributed by atoms with Crippen molar-refractivity contribution in [2.75, 3.05) is 0 Å². The molecule has 0 amide bonds. The molecule has 0 bridgehead atoms. The monoisotopic (exact) mass is 202 g/mol. The van der Waals surface area contributed by atoms with Crippen molar-refractivity contribution in [3.05, 3.63) is 0 Å². The third-order valence-corrected chi connectivity index (χ3v) is 1.40. The second kappa shape index (κ2) is 17.9. The number of nitriles is 4. The summed E-state index contributed by atoms with van der Waals surface area (Å²) in [4.78, 5) is 0. The molecule has 0 aromatic carbocycles. The van der Waals surface area contributed by atoms with E-state index in [9.17, 15) is 0 Å². The van der Waals surface area contributed by atoms with Crippen molar-refractivity contribution in [2.24, 2.45) is 0 Å². The van der Waals surface area contributed by atoms with Gasteiger partial charge < -0.3 is 0 Å². The van der Waals surface area contributed by atoms with Gasteiger partial charge in [0.25, 0.3) is 0 Å². The predicted octanol–water partition coefficient (Wildman–Crippen LogP) is 2.80. The molecule has 0 heterocycles. The van der Waals surface area contributed by atoms with Crippen molar-refractivity contribution in [3.63, 3.8) is 0 Å². The summed E-state index contributed by atoms with van der Waals surface area (Å²) < 4.78 is 0. The van der Waals surface area contributed by atoms with Crippen molar-refractivity contribution in [2.45, 2.75) is 44.9 Å². The molecule has 0 aromatic rings. The van der Waals surface area contributed by atoms with Gasteiger partial charge >= 0.3 is 0 Å². The van der Waals surface area contributed by atoms with E-state index < -0.39 is 0 Å². The smallest absolute Gasteiger partial charge is 0.0622 e. The lowest BCUT2D eigenvalue weighted by Crippen LogP contribution is -1.70. The zero-order chi connectivity index (χ0) is 11.8. The summed E-state index contributed by atoms with van der Waals surface area (Å²) >= 11 is 0. The molecule has 0 N–H and O–H groups in total. The topological polar surface area (TPSA) is 95.2 Å². The van der Waals surface area contributed by atoms with Gasteiger partial charge in [0.15, 0.2) is 0 Å². The summed E-state index contributed by atoms with van der Waals surface area (Å²) in [5.74, 6) is 0. The van der Waals surface area contributed by atoms with Crippen LogP contribution in [-0.4, -0.2) is 0 Å². The van der Waals surface area contributed by atoms with Gasteiger partial charge in [-0.2, -0.15) is 21.0 Å². The average Bonchev–Trinajstić information content (AvgIpc) is 2.26. The molecule has 0 spiro atoms. The van der Waals surface area contributed by atoms with E-state index in [4.69, 9.17) is 21.0 Å². The highest BCUT2D eigenvalue weighted by Gasteiger charge is 1.83. The quantitative estimate of drug-likeness (QED) is 0.640. The van der Waals surface area contributed by atoms with Gasteiger partial charge in [0.1, 0.15) is 0 Å². The fraction of sp³-hybridized carbons (Fsp3) is 0.636. The van der Waals surface area contributed by atoms with Gasteiger partial charge in [0.2, 0.25) is 0 Å². The Balaban J connectivity index is 0. The summed E-state index contributed by atoms with van der Waals surface area (Å²) in [6.07, 6.45) is 4.63. The van der Waals surface area contributed by atoms with Crippen LogP contribution in [0.4, 0.5) is 0 Å². The minimum Gasteiger partial charge on any atom is -0.198 e. The maximum Gasteiger partial charge on any atom is 0.0622 e. The number of nitrogens with zero attached hydrogens (tertiary/aromatic N) is 4. The highest BCUT2D eigenvalue weighted by molar-refractivity contribution is 4.75. The van der Waals surface area contributed by atoms with Gasteiger partial charge in [-0.05, 0) is 19.3 Å². The Bertz CT molecular complexity index is 252. The van der Waals surface area contributed by atoms with Crippen molar-refractivity contribution < 1.29 is 0 Å². The van der Waals surface area contributed by atoms with E-state index in [1.165, 1.54) is 0 Å². The highest BCUT2D eigenvalue weighted by atomic mass is 14.2. The van der Waals surface area contributed by atoms with E-state index in [1.807, 2.05) is 24.3 Å². The molecular formula is C11H14N4. The van der Waals surface area contributed by atoms with E-state index >= 15 is 0 Å². The van der Waals surface area contributed by atoms with Crippen LogP contribution < -0.4 is 0 Å². The second-order valence-electron chi connectivity index (χ2n) is 2.69. The van der Waals surface area contributed by atoms with E-state index in [0.29, 0.717) is 32.1 Å². The van der Waals surface area contributed by atoms with Crippen molar-refractivity contribution in [1.82, 2.24) is 0 Å². The number of hydrogen-bond acceptors (Lipinski definition) is 4. The van der Waals surface area contributed by atoms with Gasteiger partial charge in [-0.1, -0.05) is 0 Å². The van der Waals surface area contributed by atoms with E-state index in [1.54, 1.807) is 0 Å². The first-order chi connectivity index (χ1) is 7.33. The summed E-state index contributed by atoms with van der Waals surface area (Å²) in [7, 11) is 0. The first kappa shape index (κ1) is 15.4. The predicted molar refractivity (Wildman–Crippen MR) is 54.8 cm³/mol. The molecule has 0 saturated carbocycles. The molecule has 0 aliphatic rings. The first-order valence-electron chi connectivity index (χ1n) is 4.81. The first-order valence-corrected chi connectivity index (χ1v) is 4.81. The SMILES string of the molecule is N#CCCCC#N.N#CCCCCC#N.